The Balaban J connectivity index is 1.35. The number of benzene rings is 2. The van der Waals surface area contributed by atoms with Crippen molar-refractivity contribution in [2.24, 2.45) is 0 Å². The maximum atomic E-state index is 13.4. The molecule has 0 aliphatic carbocycles. The molecule has 2 atom stereocenters. The van der Waals surface area contributed by atoms with Crippen LogP contribution in [0.4, 0.5) is 24.5 Å². The van der Waals surface area contributed by atoms with Gasteiger partial charge in [0.1, 0.15) is 5.54 Å². The molecule has 2 aromatic carbocycles. The Bertz CT molecular complexity index is 1640. The Kier molecular flexibility index (Phi) is 7.80. The van der Waals surface area contributed by atoms with E-state index in [9.17, 15) is 22.8 Å². The first-order valence-electron chi connectivity index (χ1n) is 13.4. The molecule has 2 aromatic heterocycles. The maximum absolute atomic E-state index is 13.4. The Morgan fingerprint density at radius 3 is 2.43 bits per heavy atom. The van der Waals surface area contributed by atoms with Gasteiger partial charge in [-0.25, -0.2) is 0 Å². The Hall–Kier alpha value is -4.99. The van der Waals surface area contributed by atoms with Crippen LogP contribution < -0.4 is 16.0 Å². The van der Waals surface area contributed by atoms with Crippen LogP contribution in [0.25, 0.3) is 17.3 Å². The average molecular weight is 572 g/mol. The summed E-state index contributed by atoms with van der Waals surface area (Å²) in [5.41, 5.74) is 1.75. The van der Waals surface area contributed by atoms with E-state index in [0.29, 0.717) is 23.4 Å². The van der Waals surface area contributed by atoms with Gasteiger partial charge in [-0.2, -0.15) is 13.2 Å². The lowest BCUT2D eigenvalue weighted by Crippen LogP contribution is -2.52. The largest absolute Gasteiger partial charge is 0.416 e. The third-order valence-electron chi connectivity index (χ3n) is 7.20. The highest BCUT2D eigenvalue weighted by Crippen LogP contribution is 2.34. The summed E-state index contributed by atoms with van der Waals surface area (Å²) < 4.78 is 39.1. The van der Waals surface area contributed by atoms with E-state index in [4.69, 9.17) is 0 Å². The minimum absolute atomic E-state index is 0.202. The van der Waals surface area contributed by atoms with E-state index in [1.54, 1.807) is 30.5 Å². The smallest absolute Gasteiger partial charge is 0.368 e. The van der Waals surface area contributed by atoms with E-state index < -0.39 is 23.2 Å². The second-order valence-corrected chi connectivity index (χ2v) is 9.96. The lowest BCUT2D eigenvalue weighted by atomic mass is 9.88. The number of amides is 2. The quantitative estimate of drug-likeness (QED) is 0.225. The van der Waals surface area contributed by atoms with Crippen molar-refractivity contribution in [1.82, 2.24) is 15.3 Å². The Morgan fingerprint density at radius 1 is 0.976 bits per heavy atom. The van der Waals surface area contributed by atoms with Crippen molar-refractivity contribution in [3.63, 3.8) is 0 Å². The van der Waals surface area contributed by atoms with Gasteiger partial charge in [0, 0.05) is 29.3 Å². The van der Waals surface area contributed by atoms with Crippen LogP contribution >= 0.6 is 0 Å². The van der Waals surface area contributed by atoms with Gasteiger partial charge in [-0.3, -0.25) is 19.6 Å². The number of fused-ring (bicyclic) bond motifs is 1. The van der Waals surface area contributed by atoms with Crippen molar-refractivity contribution in [1.29, 1.82) is 0 Å². The second kappa shape index (κ2) is 11.5. The van der Waals surface area contributed by atoms with Crippen molar-refractivity contribution >= 4 is 29.3 Å². The molecule has 0 bridgehead atoms. The number of anilines is 2. The van der Waals surface area contributed by atoms with E-state index in [1.807, 2.05) is 50.3 Å². The average Bonchev–Trinajstić information content (AvgIpc) is 3.00. The van der Waals surface area contributed by atoms with Gasteiger partial charge in [0.15, 0.2) is 0 Å². The molecule has 214 valence electrons. The zero-order valence-electron chi connectivity index (χ0n) is 22.9. The molecule has 2 unspecified atom stereocenters. The first-order valence-corrected chi connectivity index (χ1v) is 13.4. The summed E-state index contributed by atoms with van der Waals surface area (Å²) in [6, 6.07) is 18.2. The lowest BCUT2D eigenvalue weighted by Gasteiger charge is -2.35. The fourth-order valence-corrected chi connectivity index (χ4v) is 4.77. The number of rotatable bonds is 7. The van der Waals surface area contributed by atoms with Crippen molar-refractivity contribution in [2.45, 2.75) is 38.0 Å². The summed E-state index contributed by atoms with van der Waals surface area (Å²) in [4.78, 5) is 35.3. The number of nitrogens with one attached hydrogen (secondary N) is 3. The Labute approximate surface area is 240 Å². The number of aromatic nitrogens is 2. The van der Waals surface area contributed by atoms with Crippen LogP contribution in [0.2, 0.25) is 0 Å². The number of carbonyl (C=O) groups is 2. The Morgan fingerprint density at radius 2 is 1.74 bits per heavy atom. The molecule has 10 heteroatoms. The van der Waals surface area contributed by atoms with Gasteiger partial charge >= 0.3 is 6.18 Å². The molecule has 3 N–H and O–H groups in total. The van der Waals surface area contributed by atoms with Crippen LogP contribution in [0.3, 0.4) is 0 Å². The fourth-order valence-electron chi connectivity index (χ4n) is 4.77. The van der Waals surface area contributed by atoms with Gasteiger partial charge in [-0.05, 0) is 73.5 Å². The fraction of sp³-hybridized carbons (Fsp3) is 0.188. The molecule has 0 radical (unpaired) electrons. The van der Waals surface area contributed by atoms with Gasteiger partial charge in [-0.1, -0.05) is 37.3 Å². The van der Waals surface area contributed by atoms with Crippen molar-refractivity contribution in [2.75, 3.05) is 10.6 Å². The molecule has 0 saturated heterocycles. The molecule has 1 aliphatic rings. The molecule has 0 saturated carbocycles. The molecule has 0 fully saturated rings. The molecule has 4 aromatic rings. The normalized spacial score (nSPS) is 16.6. The van der Waals surface area contributed by atoms with Crippen molar-refractivity contribution in [3.05, 3.63) is 114 Å². The molecule has 7 nitrogen and oxygen atoms in total. The first-order chi connectivity index (χ1) is 20.1. The van der Waals surface area contributed by atoms with Crippen LogP contribution in [-0.4, -0.2) is 27.3 Å². The summed E-state index contributed by atoms with van der Waals surface area (Å²) in [6.45, 7) is 3.78. The molecule has 5 rings (SSSR count). The van der Waals surface area contributed by atoms with Crippen molar-refractivity contribution in [3.8, 4) is 11.3 Å². The summed E-state index contributed by atoms with van der Waals surface area (Å²) in [5.74, 6) is -0.691. The minimum Gasteiger partial charge on any atom is -0.368 e. The maximum Gasteiger partial charge on any atom is 0.416 e. The third kappa shape index (κ3) is 5.88. The number of alkyl halides is 3. The number of pyridine rings is 2. The van der Waals surface area contributed by atoms with Crippen LogP contribution in [0, 0.1) is 0 Å². The number of hydrogen-bond donors (Lipinski definition) is 3. The summed E-state index contributed by atoms with van der Waals surface area (Å²) in [7, 11) is 0. The highest BCUT2D eigenvalue weighted by Gasteiger charge is 2.37. The zero-order valence-corrected chi connectivity index (χ0v) is 22.9. The molecular weight excluding hydrogens is 543 g/mol. The van der Waals surface area contributed by atoms with Crippen LogP contribution in [0.15, 0.2) is 91.3 Å². The highest BCUT2D eigenvalue weighted by atomic mass is 19.4. The van der Waals surface area contributed by atoms with E-state index >= 15 is 0 Å². The molecule has 0 spiro atoms. The summed E-state index contributed by atoms with van der Waals surface area (Å²) >= 11 is 0. The van der Waals surface area contributed by atoms with Gasteiger partial charge in [0.2, 0.25) is 5.91 Å². The zero-order chi connectivity index (χ0) is 29.9. The van der Waals surface area contributed by atoms with Gasteiger partial charge in [0.05, 0.1) is 28.6 Å². The lowest BCUT2D eigenvalue weighted by molar-refractivity contribution is -0.137. The molecule has 1 aliphatic heterocycles. The second-order valence-electron chi connectivity index (χ2n) is 9.96. The SMILES string of the molecule is CCC1(C(=O)NC(C)c2ccccn2)C=Cc2ccc(NC(=O)c3cccnc3-c3ccc(C(F)(F)F)cc3)cc2N1. The summed E-state index contributed by atoms with van der Waals surface area (Å²) in [5, 5.41) is 9.24. The highest BCUT2D eigenvalue weighted by molar-refractivity contribution is 6.08. The standard InChI is InChI=1S/C32H28F3N5O2/c1-3-31(30(42)38-20(2)26-8-4-5-17-36-26)16-15-21-11-14-24(19-27(21)40-31)39-29(41)25-7-6-18-37-28(25)22-9-12-23(13-10-22)32(33,34)35/h4-20,40H,3H2,1-2H3,(H,38,42)(H,39,41). The number of halogens is 3. The van der Waals surface area contributed by atoms with Crippen LogP contribution in [0.5, 0.6) is 0 Å². The minimum atomic E-state index is -4.47. The van der Waals surface area contributed by atoms with E-state index in [0.717, 1.165) is 23.4 Å². The topological polar surface area (TPSA) is 96.0 Å². The van der Waals surface area contributed by atoms with Gasteiger partial charge in [-0.15, -0.1) is 0 Å². The molecule has 42 heavy (non-hydrogen) atoms. The van der Waals surface area contributed by atoms with E-state index in [-0.39, 0.29) is 23.2 Å². The predicted octanol–water partition coefficient (Wildman–Crippen LogP) is 6.88. The summed E-state index contributed by atoms with van der Waals surface area (Å²) in [6.07, 6.45) is 2.85. The predicted molar refractivity (Wildman–Crippen MR) is 156 cm³/mol. The third-order valence-corrected chi connectivity index (χ3v) is 7.20. The van der Waals surface area contributed by atoms with E-state index in [2.05, 4.69) is 25.9 Å². The van der Waals surface area contributed by atoms with Gasteiger partial charge in [0.25, 0.3) is 5.91 Å². The van der Waals surface area contributed by atoms with Crippen LogP contribution in [0.1, 0.15) is 53.5 Å². The van der Waals surface area contributed by atoms with Crippen molar-refractivity contribution < 1.29 is 22.8 Å². The monoisotopic (exact) mass is 571 g/mol. The van der Waals surface area contributed by atoms with Gasteiger partial charge < -0.3 is 16.0 Å². The van der Waals surface area contributed by atoms with Crippen LogP contribution in [-0.2, 0) is 11.0 Å². The molecular formula is C32H28F3N5O2. The number of nitrogens with zero attached hydrogens (tertiary/aromatic N) is 2. The first kappa shape index (κ1) is 28.5. The molecule has 3 heterocycles. The molecule has 2 amide bonds. The van der Waals surface area contributed by atoms with E-state index in [1.165, 1.54) is 18.3 Å². The number of carbonyl (C=O) groups excluding carboxylic acids is 2. The number of hydrogen-bond acceptors (Lipinski definition) is 5.